The molecule has 4 heterocycles. The summed E-state index contributed by atoms with van der Waals surface area (Å²) in [5.41, 5.74) is 0.425. The summed E-state index contributed by atoms with van der Waals surface area (Å²) in [6.45, 7) is 1.51. The Morgan fingerprint density at radius 1 is 0.867 bits per heavy atom. The minimum atomic E-state index is -0.378. The molecule has 10 heteroatoms. The molecule has 2 N–H and O–H groups in total. The Hall–Kier alpha value is -3.16. The number of hydrogen-bond acceptors (Lipinski definition) is 8. The van der Waals surface area contributed by atoms with Crippen molar-refractivity contribution in [2.24, 2.45) is 0 Å². The molecule has 2 fully saturated rings. The second kappa shape index (κ2) is 9.56. The SMILES string of the molecule is O=C(NCC#CCNC(=O)c1ncoc1C1CCCO1)c1ncoc1C1CCCO1. The van der Waals surface area contributed by atoms with Crippen molar-refractivity contribution in [1.82, 2.24) is 20.6 Å². The van der Waals surface area contributed by atoms with Crippen LogP contribution in [0.15, 0.2) is 21.6 Å². The normalized spacial score (nSPS) is 20.5. The molecule has 0 radical (unpaired) electrons. The van der Waals surface area contributed by atoms with Gasteiger partial charge in [-0.15, -0.1) is 0 Å². The monoisotopic (exact) mass is 414 g/mol. The minimum Gasteiger partial charge on any atom is -0.445 e. The largest absolute Gasteiger partial charge is 0.445 e. The zero-order valence-corrected chi connectivity index (χ0v) is 16.3. The number of amides is 2. The van der Waals surface area contributed by atoms with Gasteiger partial charge in [0, 0.05) is 13.2 Å². The first-order valence-corrected chi connectivity index (χ1v) is 9.86. The average molecular weight is 414 g/mol. The molecule has 30 heavy (non-hydrogen) atoms. The minimum absolute atomic E-state index is 0.109. The van der Waals surface area contributed by atoms with Crippen LogP contribution in [0.5, 0.6) is 0 Å². The van der Waals surface area contributed by atoms with E-state index in [-0.39, 0.29) is 48.5 Å². The third-order valence-electron chi connectivity index (χ3n) is 4.86. The Kier molecular flexibility index (Phi) is 6.41. The fourth-order valence-corrected chi connectivity index (χ4v) is 3.42. The van der Waals surface area contributed by atoms with Crippen molar-refractivity contribution in [1.29, 1.82) is 0 Å². The molecule has 2 aromatic rings. The lowest BCUT2D eigenvalue weighted by Gasteiger charge is -2.07. The van der Waals surface area contributed by atoms with E-state index in [4.69, 9.17) is 18.3 Å². The first-order chi connectivity index (χ1) is 14.7. The highest BCUT2D eigenvalue weighted by Gasteiger charge is 2.28. The highest BCUT2D eigenvalue weighted by atomic mass is 16.5. The molecule has 10 nitrogen and oxygen atoms in total. The highest BCUT2D eigenvalue weighted by Crippen LogP contribution is 2.31. The second-order valence-electron chi connectivity index (χ2n) is 6.85. The fraction of sp³-hybridized carbons (Fsp3) is 0.500. The summed E-state index contributed by atoms with van der Waals surface area (Å²) in [4.78, 5) is 32.5. The molecule has 2 atom stereocenters. The van der Waals surface area contributed by atoms with Gasteiger partial charge in [0.1, 0.15) is 12.2 Å². The fourth-order valence-electron chi connectivity index (χ4n) is 3.42. The molecule has 4 rings (SSSR count). The van der Waals surface area contributed by atoms with Gasteiger partial charge < -0.3 is 28.9 Å². The van der Waals surface area contributed by atoms with Crippen LogP contribution in [0.3, 0.4) is 0 Å². The molecule has 2 saturated heterocycles. The molecule has 0 saturated carbocycles. The molecule has 2 aromatic heterocycles. The number of aromatic nitrogens is 2. The van der Waals surface area contributed by atoms with Crippen molar-refractivity contribution in [3.8, 4) is 11.8 Å². The van der Waals surface area contributed by atoms with Crippen LogP contribution in [-0.4, -0.2) is 48.1 Å². The maximum Gasteiger partial charge on any atom is 0.274 e. The molecular formula is C20H22N4O6. The van der Waals surface area contributed by atoms with Crippen LogP contribution in [0.25, 0.3) is 0 Å². The molecule has 158 valence electrons. The molecule has 0 bridgehead atoms. The van der Waals surface area contributed by atoms with Crippen LogP contribution in [0.2, 0.25) is 0 Å². The number of ether oxygens (including phenoxy) is 2. The van der Waals surface area contributed by atoms with Gasteiger partial charge in [-0.1, -0.05) is 11.8 Å². The summed E-state index contributed by atoms with van der Waals surface area (Å²) < 4.78 is 21.7. The quantitative estimate of drug-likeness (QED) is 0.681. The third kappa shape index (κ3) is 4.53. The highest BCUT2D eigenvalue weighted by molar-refractivity contribution is 5.94. The Morgan fingerprint density at radius 2 is 1.33 bits per heavy atom. The van der Waals surface area contributed by atoms with Crippen LogP contribution < -0.4 is 10.6 Å². The number of nitrogens with one attached hydrogen (secondary N) is 2. The molecular weight excluding hydrogens is 392 g/mol. The number of hydrogen-bond donors (Lipinski definition) is 2. The van der Waals surface area contributed by atoms with Crippen LogP contribution in [0, 0.1) is 11.8 Å². The summed E-state index contributed by atoms with van der Waals surface area (Å²) in [7, 11) is 0. The number of nitrogens with zero attached hydrogens (tertiary/aromatic N) is 2. The Labute approximate surface area is 172 Å². The van der Waals surface area contributed by atoms with Gasteiger partial charge in [0.15, 0.2) is 35.7 Å². The summed E-state index contributed by atoms with van der Waals surface area (Å²) in [5, 5.41) is 5.33. The van der Waals surface area contributed by atoms with E-state index >= 15 is 0 Å². The Balaban J connectivity index is 1.23. The first kappa shape index (κ1) is 20.1. The smallest absolute Gasteiger partial charge is 0.274 e. The van der Waals surface area contributed by atoms with Crippen LogP contribution >= 0.6 is 0 Å². The van der Waals surface area contributed by atoms with Crippen molar-refractivity contribution < 1.29 is 27.9 Å². The maximum atomic E-state index is 12.3. The summed E-state index contributed by atoms with van der Waals surface area (Å²) in [6, 6.07) is 0. The average Bonchev–Trinajstić information content (AvgIpc) is 3.56. The predicted octanol–water partition coefficient (Wildman–Crippen LogP) is 1.53. The van der Waals surface area contributed by atoms with E-state index in [1.807, 2.05) is 0 Å². The molecule has 2 unspecified atom stereocenters. The Bertz CT molecular complexity index is 870. The summed E-state index contributed by atoms with van der Waals surface area (Å²) in [6.07, 6.45) is 5.46. The molecule has 2 aliphatic rings. The number of carbonyl (C=O) groups excluding carboxylic acids is 2. The molecule has 2 amide bonds. The zero-order valence-electron chi connectivity index (χ0n) is 16.3. The van der Waals surface area contributed by atoms with E-state index in [0.717, 1.165) is 25.7 Å². The zero-order chi connectivity index (χ0) is 20.8. The summed E-state index contributed by atoms with van der Waals surface area (Å²) in [5.74, 6) is 5.70. The third-order valence-corrected chi connectivity index (χ3v) is 4.86. The van der Waals surface area contributed by atoms with Crippen molar-refractivity contribution in [2.45, 2.75) is 37.9 Å². The van der Waals surface area contributed by atoms with Gasteiger partial charge in [0.2, 0.25) is 0 Å². The Morgan fingerprint density at radius 3 is 1.73 bits per heavy atom. The van der Waals surface area contributed by atoms with Gasteiger partial charge in [-0.05, 0) is 25.7 Å². The van der Waals surface area contributed by atoms with E-state index in [0.29, 0.717) is 24.7 Å². The van der Waals surface area contributed by atoms with Gasteiger partial charge >= 0.3 is 0 Å². The molecule has 0 spiro atoms. The van der Waals surface area contributed by atoms with E-state index in [1.165, 1.54) is 12.8 Å². The van der Waals surface area contributed by atoms with Crippen molar-refractivity contribution in [2.75, 3.05) is 26.3 Å². The molecule has 0 aromatic carbocycles. The van der Waals surface area contributed by atoms with Gasteiger partial charge in [0.05, 0.1) is 13.1 Å². The topological polar surface area (TPSA) is 129 Å². The van der Waals surface area contributed by atoms with Crippen molar-refractivity contribution in [3.05, 3.63) is 35.7 Å². The van der Waals surface area contributed by atoms with Gasteiger partial charge in [-0.3, -0.25) is 9.59 Å². The van der Waals surface area contributed by atoms with E-state index < -0.39 is 0 Å². The van der Waals surface area contributed by atoms with Crippen LogP contribution in [0.4, 0.5) is 0 Å². The van der Waals surface area contributed by atoms with Crippen LogP contribution in [-0.2, 0) is 9.47 Å². The number of rotatable bonds is 6. The summed E-state index contributed by atoms with van der Waals surface area (Å²) >= 11 is 0. The van der Waals surface area contributed by atoms with E-state index in [1.54, 1.807) is 0 Å². The van der Waals surface area contributed by atoms with Crippen LogP contribution in [0.1, 0.15) is 70.4 Å². The number of carbonyl (C=O) groups is 2. The lowest BCUT2D eigenvalue weighted by molar-refractivity contribution is 0.0862. The first-order valence-electron chi connectivity index (χ1n) is 9.86. The standard InChI is InChI=1S/C20H22N4O6/c25-19(15-17(29-11-23-15)13-5-3-9-27-13)21-7-1-2-8-22-20(26)16-18(30-12-24-16)14-6-4-10-28-14/h11-14H,3-10H2,(H,21,25)(H,22,26). The lowest BCUT2D eigenvalue weighted by atomic mass is 10.1. The van der Waals surface area contributed by atoms with Crippen molar-refractivity contribution in [3.63, 3.8) is 0 Å². The second-order valence-corrected chi connectivity index (χ2v) is 6.85. The van der Waals surface area contributed by atoms with Gasteiger partial charge in [-0.2, -0.15) is 0 Å². The van der Waals surface area contributed by atoms with E-state index in [9.17, 15) is 9.59 Å². The molecule has 0 aliphatic carbocycles. The molecule has 2 aliphatic heterocycles. The van der Waals surface area contributed by atoms with Gasteiger partial charge in [0.25, 0.3) is 11.8 Å². The maximum absolute atomic E-state index is 12.3. The number of oxazole rings is 2. The van der Waals surface area contributed by atoms with E-state index in [2.05, 4.69) is 32.4 Å². The predicted molar refractivity (Wildman–Crippen MR) is 101 cm³/mol. The van der Waals surface area contributed by atoms with Crippen molar-refractivity contribution >= 4 is 11.8 Å². The lowest BCUT2D eigenvalue weighted by Crippen LogP contribution is -2.27. The van der Waals surface area contributed by atoms with Gasteiger partial charge in [-0.25, -0.2) is 9.97 Å².